The number of carbonyl (C=O) groups excluding carboxylic acids is 2. The summed E-state index contributed by atoms with van der Waals surface area (Å²) in [6.07, 6.45) is 0.399. The number of Topliss-reactive ketones (excluding diaryl/α,β-unsaturated/α-hetero) is 1. The molecule has 0 aromatic heterocycles. The maximum Gasteiger partial charge on any atom is 0.323 e. The van der Waals surface area contributed by atoms with Crippen LogP contribution in [-0.4, -0.2) is 37.4 Å². The fourth-order valence-electron chi connectivity index (χ4n) is 2.02. The van der Waals surface area contributed by atoms with Gasteiger partial charge in [0.15, 0.2) is 5.78 Å². The predicted octanol–water partition coefficient (Wildman–Crippen LogP) is 2.07. The number of carbonyl (C=O) groups is 2. The number of urea groups is 1. The highest BCUT2D eigenvalue weighted by Gasteiger charge is 2.27. The highest BCUT2D eigenvalue weighted by molar-refractivity contribution is 6.08. The van der Waals surface area contributed by atoms with Crippen LogP contribution in [0.1, 0.15) is 22.3 Å². The summed E-state index contributed by atoms with van der Waals surface area (Å²) < 4.78 is 0. The zero-order chi connectivity index (χ0) is 12.6. The van der Waals surface area contributed by atoms with Crippen LogP contribution in [0.25, 0.3) is 0 Å². The van der Waals surface area contributed by atoms with Gasteiger partial charge in [0.2, 0.25) is 0 Å². The molecule has 1 aliphatic heterocycles. The van der Waals surface area contributed by atoms with E-state index in [9.17, 15) is 9.59 Å². The average Bonchev–Trinajstić information content (AvgIpc) is 2.29. The van der Waals surface area contributed by atoms with Gasteiger partial charge in [-0.25, -0.2) is 4.79 Å². The molecule has 0 N–H and O–H groups in total. The molecule has 1 aromatic rings. The number of aryl methyl sites for hydroxylation is 1. The van der Waals surface area contributed by atoms with Crippen LogP contribution in [0, 0.1) is 6.92 Å². The van der Waals surface area contributed by atoms with Crippen LogP contribution in [0.5, 0.6) is 0 Å². The number of anilines is 1. The van der Waals surface area contributed by atoms with E-state index in [0.29, 0.717) is 18.5 Å². The molecule has 0 aliphatic carbocycles. The van der Waals surface area contributed by atoms with Crippen molar-refractivity contribution in [1.82, 2.24) is 4.90 Å². The van der Waals surface area contributed by atoms with Gasteiger partial charge < -0.3 is 4.90 Å². The smallest absolute Gasteiger partial charge is 0.323 e. The maximum absolute atomic E-state index is 12.0. The molecule has 0 saturated heterocycles. The lowest BCUT2D eigenvalue weighted by atomic mass is 9.98. The van der Waals surface area contributed by atoms with E-state index in [2.05, 4.69) is 0 Å². The summed E-state index contributed by atoms with van der Waals surface area (Å²) in [6.45, 7) is 2.41. The summed E-state index contributed by atoms with van der Waals surface area (Å²) in [6, 6.07) is 5.55. The lowest BCUT2D eigenvalue weighted by Gasteiger charge is -2.31. The predicted molar refractivity (Wildman–Crippen MR) is 66.6 cm³/mol. The summed E-state index contributed by atoms with van der Waals surface area (Å²) in [5, 5.41) is 0. The minimum absolute atomic E-state index is 0.0809. The van der Waals surface area contributed by atoms with Crippen molar-refractivity contribution >= 4 is 17.5 Å². The second-order valence-corrected chi connectivity index (χ2v) is 4.52. The van der Waals surface area contributed by atoms with Gasteiger partial charge in [-0.1, -0.05) is 11.6 Å². The van der Waals surface area contributed by atoms with Crippen molar-refractivity contribution in [2.24, 2.45) is 0 Å². The number of hydrogen-bond acceptors (Lipinski definition) is 2. The topological polar surface area (TPSA) is 40.6 Å². The third kappa shape index (κ3) is 2.02. The third-order valence-corrected chi connectivity index (χ3v) is 2.92. The molecule has 4 heteroatoms. The first kappa shape index (κ1) is 11.6. The molecule has 90 valence electrons. The molecule has 0 atom stereocenters. The van der Waals surface area contributed by atoms with E-state index in [1.165, 1.54) is 4.90 Å². The standard InChI is InChI=1S/C13H16N2O2/c1-9-4-5-11-10(8-9)12(16)6-7-15(11)13(17)14(2)3/h4-5,8H,6-7H2,1-3H3. The zero-order valence-corrected chi connectivity index (χ0v) is 10.4. The van der Waals surface area contributed by atoms with Crippen LogP contribution < -0.4 is 4.90 Å². The van der Waals surface area contributed by atoms with E-state index < -0.39 is 0 Å². The third-order valence-electron chi connectivity index (χ3n) is 2.92. The Morgan fingerprint density at radius 3 is 2.71 bits per heavy atom. The number of amides is 2. The first-order valence-corrected chi connectivity index (χ1v) is 5.63. The Hall–Kier alpha value is -1.84. The van der Waals surface area contributed by atoms with Crippen LogP contribution in [0.15, 0.2) is 18.2 Å². The molecule has 1 heterocycles. The maximum atomic E-state index is 12.0. The Bertz CT molecular complexity index is 480. The molecule has 2 rings (SSSR count). The van der Waals surface area contributed by atoms with Crippen molar-refractivity contribution in [3.8, 4) is 0 Å². The summed E-state index contributed by atoms with van der Waals surface area (Å²) >= 11 is 0. The highest BCUT2D eigenvalue weighted by Crippen LogP contribution is 2.28. The number of fused-ring (bicyclic) bond motifs is 1. The Labute approximate surface area is 101 Å². The number of rotatable bonds is 0. The Kier molecular flexibility index (Phi) is 2.88. The average molecular weight is 232 g/mol. The first-order chi connectivity index (χ1) is 8.00. The quantitative estimate of drug-likeness (QED) is 0.687. The Morgan fingerprint density at radius 1 is 1.35 bits per heavy atom. The minimum Gasteiger partial charge on any atom is -0.330 e. The van der Waals surface area contributed by atoms with Gasteiger partial charge in [0.05, 0.1) is 5.69 Å². The van der Waals surface area contributed by atoms with Crippen molar-refractivity contribution in [3.63, 3.8) is 0 Å². The van der Waals surface area contributed by atoms with Crippen molar-refractivity contribution in [3.05, 3.63) is 29.3 Å². The Balaban J connectivity index is 2.46. The van der Waals surface area contributed by atoms with E-state index in [1.807, 2.05) is 25.1 Å². The van der Waals surface area contributed by atoms with Gasteiger partial charge in [0.25, 0.3) is 0 Å². The molecule has 2 amide bonds. The second-order valence-electron chi connectivity index (χ2n) is 4.52. The number of ketones is 1. The lowest BCUT2D eigenvalue weighted by molar-refractivity contribution is 0.0980. The highest BCUT2D eigenvalue weighted by atomic mass is 16.2. The van der Waals surface area contributed by atoms with E-state index in [0.717, 1.165) is 11.3 Å². The van der Waals surface area contributed by atoms with Gasteiger partial charge in [-0.05, 0) is 19.1 Å². The normalized spacial score (nSPS) is 14.5. The van der Waals surface area contributed by atoms with Gasteiger partial charge in [-0.3, -0.25) is 9.69 Å². The summed E-state index contributed by atoms with van der Waals surface area (Å²) in [4.78, 5) is 27.0. The zero-order valence-electron chi connectivity index (χ0n) is 10.4. The second kappa shape index (κ2) is 4.20. The number of nitrogens with zero attached hydrogens (tertiary/aromatic N) is 2. The fourth-order valence-corrected chi connectivity index (χ4v) is 2.02. The molecule has 0 spiro atoms. The molecular formula is C13H16N2O2. The first-order valence-electron chi connectivity index (χ1n) is 5.63. The summed E-state index contributed by atoms with van der Waals surface area (Å²) in [5.41, 5.74) is 2.42. The molecular weight excluding hydrogens is 216 g/mol. The molecule has 0 bridgehead atoms. The Morgan fingerprint density at radius 2 is 2.06 bits per heavy atom. The summed E-state index contributed by atoms with van der Waals surface area (Å²) in [5.74, 6) is 0.117. The molecule has 0 radical (unpaired) electrons. The van der Waals surface area contributed by atoms with E-state index in [4.69, 9.17) is 0 Å². The van der Waals surface area contributed by atoms with E-state index in [-0.39, 0.29) is 11.8 Å². The van der Waals surface area contributed by atoms with Gasteiger partial charge in [-0.15, -0.1) is 0 Å². The van der Waals surface area contributed by atoms with Crippen molar-refractivity contribution in [2.75, 3.05) is 25.5 Å². The lowest BCUT2D eigenvalue weighted by Crippen LogP contribution is -2.43. The monoisotopic (exact) mass is 232 g/mol. The molecule has 0 saturated carbocycles. The van der Waals surface area contributed by atoms with E-state index in [1.54, 1.807) is 19.0 Å². The van der Waals surface area contributed by atoms with Crippen LogP contribution >= 0.6 is 0 Å². The minimum atomic E-state index is -0.0809. The molecule has 17 heavy (non-hydrogen) atoms. The van der Waals surface area contributed by atoms with Crippen LogP contribution in [0.3, 0.4) is 0 Å². The van der Waals surface area contributed by atoms with Crippen LogP contribution in [0.4, 0.5) is 10.5 Å². The largest absolute Gasteiger partial charge is 0.330 e. The van der Waals surface area contributed by atoms with Crippen molar-refractivity contribution < 1.29 is 9.59 Å². The van der Waals surface area contributed by atoms with Gasteiger partial charge in [-0.2, -0.15) is 0 Å². The molecule has 0 unspecified atom stereocenters. The summed E-state index contributed by atoms with van der Waals surface area (Å²) in [7, 11) is 3.43. The van der Waals surface area contributed by atoms with Gasteiger partial charge >= 0.3 is 6.03 Å². The molecule has 4 nitrogen and oxygen atoms in total. The SMILES string of the molecule is Cc1ccc2c(c1)C(=O)CCN2C(=O)N(C)C. The fraction of sp³-hybridized carbons (Fsp3) is 0.385. The van der Waals surface area contributed by atoms with Crippen LogP contribution in [-0.2, 0) is 0 Å². The number of benzene rings is 1. The number of hydrogen-bond donors (Lipinski definition) is 0. The molecule has 0 fully saturated rings. The van der Waals surface area contributed by atoms with E-state index >= 15 is 0 Å². The van der Waals surface area contributed by atoms with Crippen molar-refractivity contribution in [2.45, 2.75) is 13.3 Å². The van der Waals surface area contributed by atoms with Gasteiger partial charge in [0.1, 0.15) is 0 Å². The molecule has 1 aliphatic rings. The van der Waals surface area contributed by atoms with Crippen LogP contribution in [0.2, 0.25) is 0 Å². The van der Waals surface area contributed by atoms with Crippen molar-refractivity contribution in [1.29, 1.82) is 0 Å². The molecule has 1 aromatic carbocycles. The van der Waals surface area contributed by atoms with Gasteiger partial charge in [0, 0.05) is 32.6 Å².